The lowest BCUT2D eigenvalue weighted by Gasteiger charge is -2.37. The Morgan fingerprint density at radius 2 is 1.73 bits per heavy atom. The Morgan fingerprint density at radius 3 is 2.39 bits per heavy atom. The van der Waals surface area contributed by atoms with E-state index < -0.39 is 5.91 Å². The third-order valence-electron chi connectivity index (χ3n) is 5.39. The number of rotatable bonds is 4. The predicted octanol–water partition coefficient (Wildman–Crippen LogP) is 4.33. The van der Waals surface area contributed by atoms with Gasteiger partial charge in [0.15, 0.2) is 10.9 Å². The summed E-state index contributed by atoms with van der Waals surface area (Å²) < 4.78 is 5.09. The molecule has 2 aromatic carbocycles. The van der Waals surface area contributed by atoms with Crippen molar-refractivity contribution >= 4 is 52.1 Å². The van der Waals surface area contributed by atoms with Crippen LogP contribution in [0.25, 0.3) is 0 Å². The first kappa shape index (κ1) is 22.8. The predicted molar refractivity (Wildman–Crippen MR) is 133 cm³/mol. The average molecular weight is 483 g/mol. The molecule has 0 radical (unpaired) electrons. The number of nitrogens with one attached hydrogen (secondary N) is 2. The molecule has 1 aliphatic heterocycles. The van der Waals surface area contributed by atoms with E-state index in [9.17, 15) is 9.59 Å². The fraction of sp³-hybridized carbons (Fsp3) is 0.208. The summed E-state index contributed by atoms with van der Waals surface area (Å²) >= 11 is 11.8. The van der Waals surface area contributed by atoms with Crippen molar-refractivity contribution in [2.75, 3.05) is 36.4 Å². The lowest BCUT2D eigenvalue weighted by molar-refractivity contribution is 0.0746. The fourth-order valence-corrected chi connectivity index (χ4v) is 4.17. The van der Waals surface area contributed by atoms with Crippen molar-refractivity contribution in [3.05, 3.63) is 82.8 Å². The van der Waals surface area contributed by atoms with Gasteiger partial charge in [-0.2, -0.15) is 0 Å². The van der Waals surface area contributed by atoms with Crippen molar-refractivity contribution in [3.63, 3.8) is 0 Å². The van der Waals surface area contributed by atoms with Crippen LogP contribution in [0, 0.1) is 6.92 Å². The third-order valence-corrected chi connectivity index (χ3v) is 5.90. The lowest BCUT2D eigenvalue weighted by atomic mass is 10.1. The van der Waals surface area contributed by atoms with Crippen LogP contribution >= 0.6 is 23.8 Å². The Balaban J connectivity index is 1.42. The number of thiocarbonyl (C=S) groups is 1. The molecule has 1 fully saturated rings. The molecule has 0 saturated carbocycles. The van der Waals surface area contributed by atoms with Gasteiger partial charge in [-0.1, -0.05) is 35.4 Å². The molecule has 0 aliphatic carbocycles. The molecule has 0 bridgehead atoms. The second-order valence-corrected chi connectivity index (χ2v) is 8.48. The van der Waals surface area contributed by atoms with Gasteiger partial charge in [-0.3, -0.25) is 14.9 Å². The maximum Gasteiger partial charge on any atom is 0.293 e. The Kier molecular flexibility index (Phi) is 6.96. The van der Waals surface area contributed by atoms with Crippen molar-refractivity contribution in [3.8, 4) is 0 Å². The van der Waals surface area contributed by atoms with Gasteiger partial charge in [-0.05, 0) is 55.5 Å². The van der Waals surface area contributed by atoms with Crippen LogP contribution in [0.3, 0.4) is 0 Å². The number of nitrogens with zero attached hydrogens (tertiary/aromatic N) is 2. The van der Waals surface area contributed by atoms with Crippen LogP contribution in [-0.4, -0.2) is 48.0 Å². The largest absolute Gasteiger partial charge is 0.459 e. The molecule has 2 heterocycles. The summed E-state index contributed by atoms with van der Waals surface area (Å²) in [6, 6.07) is 16.2. The SMILES string of the molecule is Cc1ccc(C(=O)N2CCN(c3c(Cl)cccc3NC(=S)NC(=O)c3ccco3)CC2)cc1. The summed E-state index contributed by atoms with van der Waals surface area (Å²) in [6.45, 7) is 4.35. The van der Waals surface area contributed by atoms with E-state index in [1.165, 1.54) is 6.26 Å². The number of para-hydroxylation sites is 1. The van der Waals surface area contributed by atoms with Crippen molar-refractivity contribution < 1.29 is 14.0 Å². The number of carbonyl (C=O) groups excluding carboxylic acids is 2. The van der Waals surface area contributed by atoms with Gasteiger partial charge in [0.2, 0.25) is 0 Å². The molecule has 7 nitrogen and oxygen atoms in total. The van der Waals surface area contributed by atoms with Crippen molar-refractivity contribution in [2.45, 2.75) is 6.92 Å². The van der Waals surface area contributed by atoms with Gasteiger partial charge in [0.05, 0.1) is 22.7 Å². The number of piperazine rings is 1. The molecule has 4 rings (SSSR count). The van der Waals surface area contributed by atoms with Gasteiger partial charge in [0.25, 0.3) is 11.8 Å². The average Bonchev–Trinajstić information content (AvgIpc) is 3.35. The lowest BCUT2D eigenvalue weighted by Crippen LogP contribution is -2.49. The monoisotopic (exact) mass is 482 g/mol. The van der Waals surface area contributed by atoms with E-state index >= 15 is 0 Å². The van der Waals surface area contributed by atoms with Gasteiger partial charge < -0.3 is 19.5 Å². The topological polar surface area (TPSA) is 77.8 Å². The Bertz CT molecular complexity index is 1160. The standard InChI is InChI=1S/C24H23ClN4O3S/c1-16-7-9-17(10-8-16)23(31)29-13-11-28(12-14-29)21-18(25)4-2-5-19(21)26-24(33)27-22(30)20-6-3-15-32-20/h2-10,15H,11-14H2,1H3,(H2,26,27,30,33). The molecule has 2 N–H and O–H groups in total. The first-order chi connectivity index (χ1) is 15.9. The molecule has 33 heavy (non-hydrogen) atoms. The number of furan rings is 1. The maximum absolute atomic E-state index is 12.8. The smallest absolute Gasteiger partial charge is 0.293 e. The number of hydrogen-bond donors (Lipinski definition) is 2. The summed E-state index contributed by atoms with van der Waals surface area (Å²) in [5.41, 5.74) is 3.25. The van der Waals surface area contributed by atoms with Crippen LogP contribution in [-0.2, 0) is 0 Å². The first-order valence-corrected chi connectivity index (χ1v) is 11.3. The Hall–Kier alpha value is -3.36. The second kappa shape index (κ2) is 10.1. The quantitative estimate of drug-likeness (QED) is 0.539. The molecule has 1 aliphatic rings. The normalized spacial score (nSPS) is 13.5. The summed E-state index contributed by atoms with van der Waals surface area (Å²) in [6.07, 6.45) is 1.42. The molecule has 0 spiro atoms. The molecule has 1 aromatic heterocycles. The minimum atomic E-state index is -0.440. The van der Waals surface area contributed by atoms with Crippen LogP contribution < -0.4 is 15.5 Å². The van der Waals surface area contributed by atoms with Crippen molar-refractivity contribution in [1.29, 1.82) is 0 Å². The number of anilines is 2. The zero-order valence-corrected chi connectivity index (χ0v) is 19.6. The minimum Gasteiger partial charge on any atom is -0.459 e. The molecular formula is C24H23ClN4O3S. The van der Waals surface area contributed by atoms with E-state index in [4.69, 9.17) is 28.2 Å². The highest BCUT2D eigenvalue weighted by atomic mass is 35.5. The van der Waals surface area contributed by atoms with Gasteiger partial charge in [0.1, 0.15) is 0 Å². The van der Waals surface area contributed by atoms with E-state index in [2.05, 4.69) is 15.5 Å². The van der Waals surface area contributed by atoms with Crippen molar-refractivity contribution in [1.82, 2.24) is 10.2 Å². The molecule has 1 saturated heterocycles. The summed E-state index contributed by atoms with van der Waals surface area (Å²) in [4.78, 5) is 29.0. The van der Waals surface area contributed by atoms with Gasteiger partial charge >= 0.3 is 0 Å². The molecule has 0 unspecified atom stereocenters. The highest BCUT2D eigenvalue weighted by Gasteiger charge is 2.25. The number of benzene rings is 2. The van der Waals surface area contributed by atoms with E-state index in [-0.39, 0.29) is 16.8 Å². The minimum absolute atomic E-state index is 0.0222. The zero-order chi connectivity index (χ0) is 23.4. The van der Waals surface area contributed by atoms with Crippen LogP contribution in [0.4, 0.5) is 11.4 Å². The highest BCUT2D eigenvalue weighted by molar-refractivity contribution is 7.80. The summed E-state index contributed by atoms with van der Waals surface area (Å²) in [5.74, 6) is -0.252. The Morgan fingerprint density at radius 1 is 1.00 bits per heavy atom. The van der Waals surface area contributed by atoms with Crippen LogP contribution in [0.15, 0.2) is 65.3 Å². The van der Waals surface area contributed by atoms with Gasteiger partial charge in [-0.15, -0.1) is 0 Å². The second-order valence-electron chi connectivity index (χ2n) is 7.67. The molecule has 170 valence electrons. The van der Waals surface area contributed by atoms with E-state index in [1.54, 1.807) is 18.2 Å². The number of aryl methyl sites for hydroxylation is 1. The van der Waals surface area contributed by atoms with Crippen molar-refractivity contribution in [2.24, 2.45) is 0 Å². The van der Waals surface area contributed by atoms with Crippen LogP contribution in [0.1, 0.15) is 26.5 Å². The van der Waals surface area contributed by atoms with E-state index in [1.807, 2.05) is 48.2 Å². The molecule has 0 atom stereocenters. The van der Waals surface area contributed by atoms with E-state index in [0.29, 0.717) is 42.5 Å². The third kappa shape index (κ3) is 5.35. The molecule has 3 aromatic rings. The zero-order valence-electron chi connectivity index (χ0n) is 18.0. The number of halogens is 1. The summed E-state index contributed by atoms with van der Waals surface area (Å²) in [5, 5.41) is 6.34. The van der Waals surface area contributed by atoms with Gasteiger partial charge in [0, 0.05) is 31.7 Å². The molecule has 2 amide bonds. The first-order valence-electron chi connectivity index (χ1n) is 10.5. The van der Waals surface area contributed by atoms with Gasteiger partial charge in [-0.25, -0.2) is 0 Å². The van der Waals surface area contributed by atoms with E-state index in [0.717, 1.165) is 11.3 Å². The number of hydrogen-bond acceptors (Lipinski definition) is 5. The Labute approximate surface area is 202 Å². The molecule has 9 heteroatoms. The summed E-state index contributed by atoms with van der Waals surface area (Å²) in [7, 11) is 0. The fourth-order valence-electron chi connectivity index (χ4n) is 3.68. The highest BCUT2D eigenvalue weighted by Crippen LogP contribution is 2.34. The van der Waals surface area contributed by atoms with Crippen LogP contribution in [0.5, 0.6) is 0 Å². The van der Waals surface area contributed by atoms with Crippen LogP contribution in [0.2, 0.25) is 5.02 Å². The molecular weight excluding hydrogens is 460 g/mol. The maximum atomic E-state index is 12.8. The number of carbonyl (C=O) groups is 2. The number of amides is 2.